The van der Waals surface area contributed by atoms with Crippen LogP contribution in [0, 0.1) is 0 Å². The number of nitrogens with two attached hydrogens (primary N) is 1. The smallest absolute Gasteiger partial charge is 0.275 e. The summed E-state index contributed by atoms with van der Waals surface area (Å²) in [6, 6.07) is 31.7. The summed E-state index contributed by atoms with van der Waals surface area (Å²) >= 11 is 12.3. The van der Waals surface area contributed by atoms with Crippen LogP contribution in [0.4, 0.5) is 5.69 Å². The van der Waals surface area contributed by atoms with E-state index in [2.05, 4.69) is 0 Å². The molecular formula is C31H22Cl2N4O. The Morgan fingerprint density at radius 3 is 2.16 bits per heavy atom. The zero-order chi connectivity index (χ0) is 26.2. The maximum absolute atomic E-state index is 14.3. The van der Waals surface area contributed by atoms with Gasteiger partial charge in [0.05, 0.1) is 28.5 Å². The van der Waals surface area contributed by atoms with Crippen LogP contribution in [0.25, 0.3) is 22.2 Å². The van der Waals surface area contributed by atoms with Crippen LogP contribution >= 0.6 is 23.2 Å². The number of anilines is 1. The van der Waals surface area contributed by atoms with E-state index in [1.54, 1.807) is 5.01 Å². The lowest BCUT2D eigenvalue weighted by Crippen LogP contribution is -2.27. The quantitative estimate of drug-likeness (QED) is 0.238. The van der Waals surface area contributed by atoms with E-state index in [9.17, 15) is 4.79 Å². The van der Waals surface area contributed by atoms with Gasteiger partial charge in [-0.3, -0.25) is 4.79 Å². The van der Waals surface area contributed by atoms with E-state index in [0.29, 0.717) is 33.4 Å². The molecule has 6 rings (SSSR count). The topological polar surface area (TPSA) is 71.6 Å². The van der Waals surface area contributed by atoms with Gasteiger partial charge in [0.25, 0.3) is 5.91 Å². The Hall–Kier alpha value is -4.19. The molecule has 0 saturated heterocycles. The summed E-state index contributed by atoms with van der Waals surface area (Å²) in [5.74, 6) is -0.204. The third-order valence-corrected chi connectivity index (χ3v) is 7.21. The van der Waals surface area contributed by atoms with Crippen molar-refractivity contribution < 1.29 is 4.79 Å². The van der Waals surface area contributed by atoms with Crippen molar-refractivity contribution in [2.45, 2.75) is 12.5 Å². The van der Waals surface area contributed by atoms with Crippen LogP contribution in [0.5, 0.6) is 0 Å². The van der Waals surface area contributed by atoms with Gasteiger partial charge in [0.15, 0.2) is 0 Å². The highest BCUT2D eigenvalue weighted by Crippen LogP contribution is 2.36. The number of nitrogen functional groups attached to an aromatic ring is 1. The number of fused-ring (bicyclic) bond motifs is 1. The number of hydrogen-bond acceptors (Lipinski definition) is 4. The van der Waals surface area contributed by atoms with Crippen LogP contribution in [0.3, 0.4) is 0 Å². The molecule has 1 unspecified atom stereocenters. The van der Waals surface area contributed by atoms with Crippen molar-refractivity contribution in [2.75, 3.05) is 5.73 Å². The van der Waals surface area contributed by atoms with E-state index in [0.717, 1.165) is 33.3 Å². The first kappa shape index (κ1) is 24.2. The number of pyridine rings is 1. The fraction of sp³-hybridized carbons (Fsp3) is 0.0645. The molecular weight excluding hydrogens is 515 g/mol. The van der Waals surface area contributed by atoms with Crippen molar-refractivity contribution in [1.29, 1.82) is 0 Å². The van der Waals surface area contributed by atoms with E-state index < -0.39 is 0 Å². The molecule has 2 heterocycles. The second-order valence-corrected chi connectivity index (χ2v) is 10.0. The Balaban J connectivity index is 1.48. The second kappa shape index (κ2) is 9.93. The van der Waals surface area contributed by atoms with Crippen molar-refractivity contribution >= 4 is 51.4 Å². The molecule has 0 radical (unpaired) electrons. The van der Waals surface area contributed by atoms with Crippen LogP contribution in [-0.2, 0) is 0 Å². The van der Waals surface area contributed by atoms with Gasteiger partial charge in [-0.2, -0.15) is 5.10 Å². The van der Waals surface area contributed by atoms with Crippen LogP contribution in [-0.4, -0.2) is 21.6 Å². The highest BCUT2D eigenvalue weighted by molar-refractivity contribution is 6.30. The minimum Gasteiger partial charge on any atom is -0.399 e. The number of rotatable bonds is 4. The van der Waals surface area contributed by atoms with Crippen molar-refractivity contribution in [3.8, 4) is 11.3 Å². The summed E-state index contributed by atoms with van der Waals surface area (Å²) in [4.78, 5) is 19.1. The monoisotopic (exact) mass is 536 g/mol. The molecule has 0 aliphatic carbocycles. The van der Waals surface area contributed by atoms with Crippen LogP contribution < -0.4 is 5.73 Å². The first-order valence-corrected chi connectivity index (χ1v) is 12.9. The minimum atomic E-state index is -0.293. The van der Waals surface area contributed by atoms with Crippen molar-refractivity contribution in [3.63, 3.8) is 0 Å². The highest BCUT2D eigenvalue weighted by atomic mass is 35.5. The standard InChI is InChI=1S/C31H22Cl2N4O/c32-22-11-5-19(6-12-22)28-17-26(25-3-1-2-4-27(25)35-28)31(38)37-30(21-7-13-23(33)14-8-21)18-29(36-37)20-9-15-24(34)16-10-20/h1-17,30H,18,34H2. The van der Waals surface area contributed by atoms with Gasteiger partial charge in [0, 0.05) is 33.1 Å². The third-order valence-electron chi connectivity index (χ3n) is 6.70. The summed E-state index contributed by atoms with van der Waals surface area (Å²) in [5.41, 5.74) is 12.1. The number of benzene rings is 4. The average molecular weight is 537 g/mol. The molecule has 1 aliphatic rings. The van der Waals surface area contributed by atoms with E-state index in [1.807, 2.05) is 103 Å². The van der Waals surface area contributed by atoms with Gasteiger partial charge in [-0.15, -0.1) is 0 Å². The number of amides is 1. The molecule has 1 amide bonds. The molecule has 1 atom stereocenters. The van der Waals surface area contributed by atoms with Gasteiger partial charge in [-0.25, -0.2) is 9.99 Å². The van der Waals surface area contributed by atoms with Crippen LogP contribution in [0.2, 0.25) is 10.0 Å². The molecule has 5 aromatic rings. The fourth-order valence-electron chi connectivity index (χ4n) is 4.74. The number of hydrogen-bond donors (Lipinski definition) is 1. The summed E-state index contributed by atoms with van der Waals surface area (Å²) in [7, 11) is 0. The number of carbonyl (C=O) groups is 1. The number of hydrazone groups is 1. The normalized spacial score (nSPS) is 15.1. The number of halogens is 2. The van der Waals surface area contributed by atoms with Gasteiger partial charge >= 0.3 is 0 Å². The van der Waals surface area contributed by atoms with Gasteiger partial charge in [0.1, 0.15) is 0 Å². The average Bonchev–Trinajstić information content (AvgIpc) is 3.39. The first-order chi connectivity index (χ1) is 18.5. The molecule has 2 N–H and O–H groups in total. The van der Waals surface area contributed by atoms with Gasteiger partial charge < -0.3 is 5.73 Å². The Bertz CT molecular complexity index is 1680. The lowest BCUT2D eigenvalue weighted by Gasteiger charge is -2.23. The summed E-state index contributed by atoms with van der Waals surface area (Å²) in [6.45, 7) is 0. The van der Waals surface area contributed by atoms with Gasteiger partial charge in [-0.1, -0.05) is 77.8 Å². The molecule has 5 nitrogen and oxygen atoms in total. The Morgan fingerprint density at radius 1 is 0.816 bits per heavy atom. The molecule has 186 valence electrons. The predicted octanol–water partition coefficient (Wildman–Crippen LogP) is 7.78. The van der Waals surface area contributed by atoms with Crippen LogP contribution in [0.1, 0.15) is 33.9 Å². The SMILES string of the molecule is Nc1ccc(C2=NN(C(=O)c3cc(-c4ccc(Cl)cc4)nc4ccccc34)C(c3ccc(Cl)cc3)C2)cc1. The Kier molecular flexibility index (Phi) is 6.32. The number of carbonyl (C=O) groups excluding carboxylic acids is 1. The highest BCUT2D eigenvalue weighted by Gasteiger charge is 2.34. The molecule has 1 aromatic heterocycles. The fourth-order valence-corrected chi connectivity index (χ4v) is 4.99. The molecule has 7 heteroatoms. The number of nitrogens with zero attached hydrogens (tertiary/aromatic N) is 3. The third kappa shape index (κ3) is 4.62. The molecule has 0 spiro atoms. The number of para-hydroxylation sites is 1. The summed E-state index contributed by atoms with van der Waals surface area (Å²) in [5, 5.41) is 8.48. The van der Waals surface area contributed by atoms with Gasteiger partial charge in [0.2, 0.25) is 0 Å². The second-order valence-electron chi connectivity index (χ2n) is 9.17. The minimum absolute atomic E-state index is 0.204. The predicted molar refractivity (Wildman–Crippen MR) is 155 cm³/mol. The van der Waals surface area contributed by atoms with Crippen LogP contribution in [0.15, 0.2) is 108 Å². The Morgan fingerprint density at radius 2 is 1.45 bits per heavy atom. The first-order valence-electron chi connectivity index (χ1n) is 12.1. The lowest BCUT2D eigenvalue weighted by atomic mass is 9.97. The maximum Gasteiger partial charge on any atom is 0.275 e. The van der Waals surface area contributed by atoms with Crippen molar-refractivity contribution in [2.24, 2.45) is 5.10 Å². The van der Waals surface area contributed by atoms with E-state index in [4.69, 9.17) is 39.0 Å². The molecule has 0 bridgehead atoms. The number of aromatic nitrogens is 1. The summed E-state index contributed by atoms with van der Waals surface area (Å²) in [6.07, 6.45) is 0.560. The van der Waals surface area contributed by atoms with Gasteiger partial charge in [-0.05, 0) is 59.7 Å². The Labute approximate surface area is 230 Å². The van der Waals surface area contributed by atoms with Crippen molar-refractivity contribution in [3.05, 3.63) is 130 Å². The molecule has 1 aliphatic heterocycles. The van der Waals surface area contributed by atoms with E-state index in [-0.39, 0.29) is 11.9 Å². The zero-order valence-corrected chi connectivity index (χ0v) is 21.7. The summed E-state index contributed by atoms with van der Waals surface area (Å²) < 4.78 is 0. The van der Waals surface area contributed by atoms with E-state index in [1.165, 1.54) is 0 Å². The van der Waals surface area contributed by atoms with E-state index >= 15 is 0 Å². The lowest BCUT2D eigenvalue weighted by molar-refractivity contribution is 0.0713. The van der Waals surface area contributed by atoms with Crippen molar-refractivity contribution in [1.82, 2.24) is 9.99 Å². The molecule has 0 saturated carbocycles. The molecule has 38 heavy (non-hydrogen) atoms. The zero-order valence-electron chi connectivity index (χ0n) is 20.2. The maximum atomic E-state index is 14.3. The molecule has 0 fully saturated rings. The molecule has 4 aromatic carbocycles. The largest absolute Gasteiger partial charge is 0.399 e.